The van der Waals surface area contributed by atoms with Crippen LogP contribution >= 0.6 is 0 Å². The number of unbranched alkanes of at least 4 members (excludes halogenated alkanes) is 1. The topological polar surface area (TPSA) is 54.4 Å². The lowest BCUT2D eigenvalue weighted by atomic mass is 10.4. The summed E-state index contributed by atoms with van der Waals surface area (Å²) in [6, 6.07) is 0.975. The highest BCUT2D eigenvalue weighted by molar-refractivity contribution is 7.87. The molecule has 0 aliphatic carbocycles. The van der Waals surface area contributed by atoms with Crippen molar-refractivity contribution in [1.29, 1.82) is 0 Å². The Labute approximate surface area is 75.9 Å². The molecule has 0 aromatic heterocycles. The third kappa shape index (κ3) is 6.81. The summed E-state index contributed by atoms with van der Waals surface area (Å²) in [6.07, 6.45) is 2.15. The largest absolute Gasteiger partial charge is 0.286 e. The van der Waals surface area contributed by atoms with E-state index in [9.17, 15) is 8.42 Å². The molecule has 0 aliphatic rings. The Balaban J connectivity index is 4.04. The minimum atomic E-state index is -3.75. The fourth-order valence-corrected chi connectivity index (χ4v) is 7.06. The van der Waals surface area contributed by atoms with E-state index in [1.54, 1.807) is 0 Å². The fourth-order valence-electron chi connectivity index (χ4n) is 1.22. The van der Waals surface area contributed by atoms with Crippen molar-refractivity contribution in [2.24, 2.45) is 0 Å². The molecule has 3 nitrogen and oxygen atoms in total. The van der Waals surface area contributed by atoms with Gasteiger partial charge in [-0.25, -0.2) is 0 Å². The maximum Gasteiger partial charge on any atom is 0.262 e. The lowest BCUT2D eigenvalue weighted by Crippen LogP contribution is -2.35. The van der Waals surface area contributed by atoms with Crippen molar-refractivity contribution < 1.29 is 13.0 Å². The molecular formula is C7H18O3SSi. The highest BCUT2D eigenvalue weighted by Gasteiger charge is 2.26. The molecule has 12 heavy (non-hydrogen) atoms. The van der Waals surface area contributed by atoms with E-state index < -0.39 is 18.2 Å². The van der Waals surface area contributed by atoms with Crippen molar-refractivity contribution in [3.8, 4) is 0 Å². The third-order valence-electron chi connectivity index (χ3n) is 1.78. The first-order chi connectivity index (χ1) is 5.27. The van der Waals surface area contributed by atoms with Gasteiger partial charge in [0.05, 0.1) is 13.5 Å². The third-order valence-corrected chi connectivity index (χ3v) is 8.07. The van der Waals surface area contributed by atoms with E-state index in [4.69, 9.17) is 4.55 Å². The zero-order valence-corrected chi connectivity index (χ0v) is 9.82. The molecule has 0 saturated heterocycles. The van der Waals surface area contributed by atoms with Crippen LogP contribution in [-0.4, -0.2) is 26.4 Å². The van der Waals surface area contributed by atoms with Crippen molar-refractivity contribution in [3.05, 3.63) is 0 Å². The quantitative estimate of drug-likeness (QED) is 0.557. The molecular weight excluding hydrogens is 192 g/mol. The lowest BCUT2D eigenvalue weighted by molar-refractivity contribution is 0.488. The molecule has 0 amide bonds. The zero-order valence-electron chi connectivity index (χ0n) is 8.00. The van der Waals surface area contributed by atoms with Gasteiger partial charge in [0.25, 0.3) is 10.1 Å². The van der Waals surface area contributed by atoms with Gasteiger partial charge in [0.1, 0.15) is 0 Å². The fraction of sp³-hybridized carbons (Fsp3) is 1.00. The van der Waals surface area contributed by atoms with Gasteiger partial charge in [-0.2, -0.15) is 8.42 Å². The van der Waals surface area contributed by atoms with Crippen molar-refractivity contribution >= 4 is 18.2 Å². The van der Waals surface area contributed by atoms with Crippen LogP contribution in [0.1, 0.15) is 19.8 Å². The molecule has 0 radical (unpaired) electrons. The Hall–Kier alpha value is 0.127. The van der Waals surface area contributed by atoms with Crippen molar-refractivity contribution in [3.63, 3.8) is 0 Å². The SMILES string of the molecule is CCCC[Si](C)(C)CS(=O)(=O)O. The van der Waals surface area contributed by atoms with Crippen LogP contribution in [0, 0.1) is 0 Å². The predicted molar refractivity (Wildman–Crippen MR) is 53.6 cm³/mol. The molecule has 0 aromatic carbocycles. The summed E-state index contributed by atoms with van der Waals surface area (Å²) in [5.41, 5.74) is 0. The van der Waals surface area contributed by atoms with E-state index in [1.807, 2.05) is 13.1 Å². The van der Waals surface area contributed by atoms with E-state index in [1.165, 1.54) is 0 Å². The highest BCUT2D eigenvalue weighted by atomic mass is 32.2. The van der Waals surface area contributed by atoms with Gasteiger partial charge in [-0.05, 0) is 0 Å². The molecule has 0 unspecified atom stereocenters. The summed E-state index contributed by atoms with van der Waals surface area (Å²) < 4.78 is 29.9. The maximum atomic E-state index is 10.6. The Morgan fingerprint density at radius 2 is 1.83 bits per heavy atom. The van der Waals surface area contributed by atoms with Crippen molar-refractivity contribution in [2.45, 2.75) is 38.9 Å². The van der Waals surface area contributed by atoms with Gasteiger partial charge in [0.2, 0.25) is 0 Å². The molecule has 0 rings (SSSR count). The predicted octanol–water partition coefficient (Wildman–Crippen LogP) is 1.92. The summed E-state index contributed by atoms with van der Waals surface area (Å²) in [7, 11) is -5.45. The second kappa shape index (κ2) is 4.39. The Morgan fingerprint density at radius 3 is 2.17 bits per heavy atom. The molecule has 0 fully saturated rings. The molecule has 0 aliphatic heterocycles. The smallest absolute Gasteiger partial charge is 0.262 e. The normalized spacial score (nSPS) is 13.3. The first-order valence-corrected chi connectivity index (χ1v) is 9.24. The minimum Gasteiger partial charge on any atom is -0.286 e. The van der Waals surface area contributed by atoms with Gasteiger partial charge < -0.3 is 0 Å². The number of hydrogen-bond acceptors (Lipinski definition) is 2. The lowest BCUT2D eigenvalue weighted by Gasteiger charge is -2.19. The van der Waals surface area contributed by atoms with Crippen molar-refractivity contribution in [1.82, 2.24) is 0 Å². The summed E-state index contributed by atoms with van der Waals surface area (Å²) in [4.78, 5) is 0. The van der Waals surface area contributed by atoms with Crippen LogP contribution < -0.4 is 0 Å². The van der Waals surface area contributed by atoms with Gasteiger partial charge >= 0.3 is 0 Å². The first kappa shape index (κ1) is 12.1. The van der Waals surface area contributed by atoms with Crippen LogP contribution in [0.15, 0.2) is 0 Å². The van der Waals surface area contributed by atoms with Gasteiger partial charge in [-0.3, -0.25) is 4.55 Å². The molecule has 74 valence electrons. The van der Waals surface area contributed by atoms with Crippen LogP contribution in [0.3, 0.4) is 0 Å². The second-order valence-corrected chi connectivity index (χ2v) is 11.1. The molecule has 0 spiro atoms. The number of hydrogen-bond donors (Lipinski definition) is 1. The molecule has 0 bridgehead atoms. The van der Waals surface area contributed by atoms with Gasteiger partial charge in [0.15, 0.2) is 0 Å². The summed E-state index contributed by atoms with van der Waals surface area (Å²) >= 11 is 0. The molecule has 0 saturated carbocycles. The van der Waals surface area contributed by atoms with E-state index >= 15 is 0 Å². The number of rotatable bonds is 5. The second-order valence-electron chi connectivity index (χ2n) is 3.99. The monoisotopic (exact) mass is 210 g/mol. The molecule has 0 heterocycles. The van der Waals surface area contributed by atoms with E-state index in [0.717, 1.165) is 18.9 Å². The van der Waals surface area contributed by atoms with E-state index in [2.05, 4.69) is 6.92 Å². The summed E-state index contributed by atoms with van der Waals surface area (Å²) in [6.45, 7) is 6.07. The Kier molecular flexibility index (Phi) is 4.43. The Bertz CT molecular complexity index is 221. The molecule has 5 heteroatoms. The summed E-state index contributed by atoms with van der Waals surface area (Å²) in [5.74, 6) is 0. The standard InChI is InChI=1S/C7H18O3SSi/c1-4-5-6-12(2,3)7-11(8,9)10/h4-7H2,1-3H3,(H,8,9,10). The van der Waals surface area contributed by atoms with E-state index in [0.29, 0.717) is 0 Å². The van der Waals surface area contributed by atoms with Crippen molar-refractivity contribution in [2.75, 3.05) is 5.38 Å². The molecule has 0 aromatic rings. The van der Waals surface area contributed by atoms with Crippen LogP contribution in [-0.2, 0) is 10.1 Å². The van der Waals surface area contributed by atoms with Gasteiger partial charge in [-0.1, -0.05) is 38.9 Å². The van der Waals surface area contributed by atoms with Gasteiger partial charge in [-0.15, -0.1) is 0 Å². The molecule has 0 atom stereocenters. The molecule has 1 N–H and O–H groups in total. The highest BCUT2D eigenvalue weighted by Crippen LogP contribution is 2.15. The van der Waals surface area contributed by atoms with Crippen LogP contribution in [0.25, 0.3) is 0 Å². The van der Waals surface area contributed by atoms with Crippen LogP contribution in [0.4, 0.5) is 0 Å². The van der Waals surface area contributed by atoms with Crippen LogP contribution in [0.2, 0.25) is 19.1 Å². The Morgan fingerprint density at radius 1 is 1.33 bits per heavy atom. The van der Waals surface area contributed by atoms with Crippen LogP contribution in [0.5, 0.6) is 0 Å². The maximum absolute atomic E-state index is 10.6. The first-order valence-electron chi connectivity index (χ1n) is 4.22. The minimum absolute atomic E-state index is 0. The van der Waals surface area contributed by atoms with E-state index in [-0.39, 0.29) is 5.38 Å². The summed E-state index contributed by atoms with van der Waals surface area (Å²) in [5, 5.41) is 0. The van der Waals surface area contributed by atoms with Gasteiger partial charge in [0, 0.05) is 0 Å². The zero-order chi connectivity index (χ0) is 9.83. The average Bonchev–Trinajstić information content (AvgIpc) is 1.78. The average molecular weight is 210 g/mol.